The largest absolute Gasteiger partial charge is 0.353 e. The van der Waals surface area contributed by atoms with E-state index in [1.165, 1.54) is 0 Å². The molecule has 0 atom stereocenters. The summed E-state index contributed by atoms with van der Waals surface area (Å²) in [7, 11) is 1.87. The van der Waals surface area contributed by atoms with Gasteiger partial charge in [-0.2, -0.15) is 10.1 Å². The van der Waals surface area contributed by atoms with Gasteiger partial charge in [-0.05, 0) is 13.0 Å². The highest BCUT2D eigenvalue weighted by Gasteiger charge is 2.17. The van der Waals surface area contributed by atoms with Crippen LogP contribution >= 0.6 is 0 Å². The van der Waals surface area contributed by atoms with Gasteiger partial charge in [0.1, 0.15) is 17.0 Å². The fourth-order valence-corrected chi connectivity index (χ4v) is 3.32. The van der Waals surface area contributed by atoms with Crippen molar-refractivity contribution in [3.8, 4) is 23.0 Å². The number of piperazine rings is 1. The van der Waals surface area contributed by atoms with Gasteiger partial charge < -0.3 is 14.7 Å². The molecular weight excluding hydrogens is 358 g/mol. The summed E-state index contributed by atoms with van der Waals surface area (Å²) in [4.78, 5) is 20.3. The average molecular weight is 377 g/mol. The highest BCUT2D eigenvalue weighted by molar-refractivity contribution is 5.80. The van der Waals surface area contributed by atoms with E-state index in [9.17, 15) is 0 Å². The van der Waals surface area contributed by atoms with Crippen molar-refractivity contribution in [3.05, 3.63) is 30.4 Å². The first-order valence-electron chi connectivity index (χ1n) is 9.10. The van der Waals surface area contributed by atoms with Crippen LogP contribution in [0.25, 0.3) is 34.0 Å². The van der Waals surface area contributed by atoms with Gasteiger partial charge in [0.2, 0.25) is 5.82 Å². The molecule has 0 aliphatic carbocycles. The van der Waals surface area contributed by atoms with Crippen molar-refractivity contribution in [1.82, 2.24) is 40.2 Å². The zero-order chi connectivity index (χ0) is 19.1. The topological polar surface area (TPSA) is 111 Å². The van der Waals surface area contributed by atoms with Crippen molar-refractivity contribution in [1.29, 1.82) is 0 Å². The molecule has 1 aliphatic heterocycles. The van der Waals surface area contributed by atoms with E-state index in [0.717, 1.165) is 54.3 Å². The molecule has 0 bridgehead atoms. The highest BCUT2D eigenvalue weighted by atomic mass is 16.5. The lowest BCUT2D eigenvalue weighted by Crippen LogP contribution is -2.43. The van der Waals surface area contributed by atoms with Crippen molar-refractivity contribution < 1.29 is 4.52 Å². The molecule has 142 valence electrons. The SMILES string of the molecule is Cc1nc2cnn(C)c2cc1-c1nc(-c2cnc(N3CCNCC3)cn2)no1. The van der Waals surface area contributed by atoms with Crippen molar-refractivity contribution in [2.24, 2.45) is 7.05 Å². The fourth-order valence-electron chi connectivity index (χ4n) is 3.32. The van der Waals surface area contributed by atoms with E-state index in [1.807, 2.05) is 20.0 Å². The van der Waals surface area contributed by atoms with Gasteiger partial charge in [0.15, 0.2) is 0 Å². The molecule has 0 radical (unpaired) electrons. The Kier molecular flexibility index (Phi) is 3.97. The first-order valence-corrected chi connectivity index (χ1v) is 9.10. The van der Waals surface area contributed by atoms with Crippen LogP contribution < -0.4 is 10.2 Å². The second-order valence-electron chi connectivity index (χ2n) is 6.71. The number of aryl methyl sites for hydroxylation is 2. The lowest BCUT2D eigenvalue weighted by Gasteiger charge is -2.27. The van der Waals surface area contributed by atoms with E-state index >= 15 is 0 Å². The Morgan fingerprint density at radius 3 is 2.71 bits per heavy atom. The number of aromatic nitrogens is 7. The first-order chi connectivity index (χ1) is 13.7. The van der Waals surface area contributed by atoms with Crippen molar-refractivity contribution in [2.75, 3.05) is 31.1 Å². The Bertz CT molecular complexity index is 1130. The summed E-state index contributed by atoms with van der Waals surface area (Å²) in [5.41, 5.74) is 3.88. The maximum Gasteiger partial charge on any atom is 0.260 e. The predicted molar refractivity (Wildman–Crippen MR) is 103 cm³/mol. The molecule has 10 nitrogen and oxygen atoms in total. The number of fused-ring (bicyclic) bond motifs is 1. The second kappa shape index (κ2) is 6.64. The summed E-state index contributed by atoms with van der Waals surface area (Å²) >= 11 is 0. The number of hydrogen-bond acceptors (Lipinski definition) is 9. The van der Waals surface area contributed by atoms with E-state index in [0.29, 0.717) is 17.4 Å². The van der Waals surface area contributed by atoms with Crippen LogP contribution in [-0.2, 0) is 7.05 Å². The third kappa shape index (κ3) is 2.87. The fraction of sp³-hybridized carbons (Fsp3) is 0.333. The van der Waals surface area contributed by atoms with E-state index in [2.05, 4.69) is 40.4 Å². The van der Waals surface area contributed by atoms with Crippen molar-refractivity contribution in [2.45, 2.75) is 6.92 Å². The molecule has 0 aromatic carbocycles. The van der Waals surface area contributed by atoms with E-state index in [1.54, 1.807) is 23.3 Å². The Labute approximate surface area is 160 Å². The standard InChI is InChI=1S/C18H19N9O/c1-11-12(7-15-13(23-11)9-22-26(15)2)18-24-17(25-28-18)14-8-21-16(10-20-14)27-5-3-19-4-6-27/h7-10,19H,3-6H2,1-2H3. The molecule has 0 spiro atoms. The molecule has 1 fully saturated rings. The van der Waals surface area contributed by atoms with Gasteiger partial charge in [-0.15, -0.1) is 0 Å². The van der Waals surface area contributed by atoms with Gasteiger partial charge in [-0.25, -0.2) is 15.0 Å². The predicted octanol–water partition coefficient (Wildman–Crippen LogP) is 1.19. The van der Waals surface area contributed by atoms with Crippen molar-refractivity contribution >= 4 is 16.9 Å². The second-order valence-corrected chi connectivity index (χ2v) is 6.71. The van der Waals surface area contributed by atoms with E-state index < -0.39 is 0 Å². The molecule has 5 rings (SSSR count). The van der Waals surface area contributed by atoms with Crippen LogP contribution in [0.5, 0.6) is 0 Å². The number of nitrogens with zero attached hydrogens (tertiary/aromatic N) is 8. The molecule has 0 unspecified atom stereocenters. The van der Waals surface area contributed by atoms with Crippen LogP contribution in [0.2, 0.25) is 0 Å². The van der Waals surface area contributed by atoms with Gasteiger partial charge in [-0.3, -0.25) is 4.68 Å². The number of pyridine rings is 1. The van der Waals surface area contributed by atoms with Crippen LogP contribution in [0, 0.1) is 6.92 Å². The maximum atomic E-state index is 5.48. The molecule has 0 saturated carbocycles. The zero-order valence-electron chi connectivity index (χ0n) is 15.6. The minimum atomic E-state index is 0.399. The monoisotopic (exact) mass is 377 g/mol. The number of nitrogens with one attached hydrogen (secondary N) is 1. The van der Waals surface area contributed by atoms with E-state index in [4.69, 9.17) is 4.52 Å². The van der Waals surface area contributed by atoms with Crippen LogP contribution in [0.4, 0.5) is 5.82 Å². The molecule has 1 aliphatic rings. The quantitative estimate of drug-likeness (QED) is 0.563. The molecule has 5 heterocycles. The third-order valence-electron chi connectivity index (χ3n) is 4.89. The Hall–Kier alpha value is -3.40. The summed E-state index contributed by atoms with van der Waals surface area (Å²) in [5.74, 6) is 1.66. The molecule has 10 heteroatoms. The summed E-state index contributed by atoms with van der Waals surface area (Å²) < 4.78 is 7.25. The van der Waals surface area contributed by atoms with Crippen LogP contribution in [0.3, 0.4) is 0 Å². The highest BCUT2D eigenvalue weighted by Crippen LogP contribution is 2.26. The number of anilines is 1. The van der Waals surface area contributed by atoms with Gasteiger partial charge in [-0.1, -0.05) is 5.16 Å². The molecule has 28 heavy (non-hydrogen) atoms. The lowest BCUT2D eigenvalue weighted by atomic mass is 10.2. The number of hydrogen-bond donors (Lipinski definition) is 1. The molecule has 1 saturated heterocycles. The van der Waals surface area contributed by atoms with Gasteiger partial charge in [0.05, 0.1) is 35.4 Å². The van der Waals surface area contributed by atoms with E-state index in [-0.39, 0.29) is 0 Å². The summed E-state index contributed by atoms with van der Waals surface area (Å²) in [6.45, 7) is 5.65. The average Bonchev–Trinajstić information content (AvgIpc) is 3.35. The molecule has 4 aromatic rings. The summed E-state index contributed by atoms with van der Waals surface area (Å²) in [6, 6.07) is 1.96. The lowest BCUT2D eigenvalue weighted by molar-refractivity contribution is 0.431. The minimum absolute atomic E-state index is 0.399. The van der Waals surface area contributed by atoms with Crippen LogP contribution in [0.1, 0.15) is 5.69 Å². The number of rotatable bonds is 3. The summed E-state index contributed by atoms with van der Waals surface area (Å²) in [6.07, 6.45) is 5.17. The Morgan fingerprint density at radius 1 is 1.07 bits per heavy atom. The third-order valence-corrected chi connectivity index (χ3v) is 4.89. The van der Waals surface area contributed by atoms with Gasteiger partial charge in [0, 0.05) is 33.2 Å². The smallest absolute Gasteiger partial charge is 0.260 e. The maximum absolute atomic E-state index is 5.48. The molecule has 1 N–H and O–H groups in total. The Balaban J connectivity index is 1.44. The normalized spacial score (nSPS) is 14.7. The first kappa shape index (κ1) is 16.8. The van der Waals surface area contributed by atoms with Gasteiger partial charge >= 0.3 is 0 Å². The molecule has 0 amide bonds. The van der Waals surface area contributed by atoms with Crippen LogP contribution in [-0.4, -0.2) is 61.1 Å². The Morgan fingerprint density at radius 2 is 1.93 bits per heavy atom. The molecule has 4 aromatic heterocycles. The van der Waals surface area contributed by atoms with Gasteiger partial charge in [0.25, 0.3) is 5.89 Å². The van der Waals surface area contributed by atoms with Crippen LogP contribution in [0.15, 0.2) is 29.2 Å². The summed E-state index contributed by atoms with van der Waals surface area (Å²) in [5, 5.41) is 11.6. The molecular formula is C18H19N9O. The minimum Gasteiger partial charge on any atom is -0.353 e. The van der Waals surface area contributed by atoms with Crippen molar-refractivity contribution in [3.63, 3.8) is 0 Å². The zero-order valence-corrected chi connectivity index (χ0v) is 15.6.